The fraction of sp³-hybridized carbons (Fsp3) is 0.500. The maximum absolute atomic E-state index is 10.8. The van der Waals surface area contributed by atoms with Crippen LogP contribution in [0.4, 0.5) is 0 Å². The second kappa shape index (κ2) is 5.31. The molecule has 0 bridgehead atoms. The van der Waals surface area contributed by atoms with Gasteiger partial charge in [0.15, 0.2) is 6.29 Å². The maximum atomic E-state index is 10.8. The molecule has 0 aromatic carbocycles. The second-order valence-corrected chi connectivity index (χ2v) is 4.99. The highest BCUT2D eigenvalue weighted by molar-refractivity contribution is 7.99. The largest absolute Gasteiger partial charge is 0.298 e. The van der Waals surface area contributed by atoms with Gasteiger partial charge in [-0.15, -0.1) is 11.8 Å². The highest BCUT2D eigenvalue weighted by Crippen LogP contribution is 2.30. The molecule has 0 unspecified atom stereocenters. The summed E-state index contributed by atoms with van der Waals surface area (Å²) in [5.41, 5.74) is 0.723. The van der Waals surface area contributed by atoms with Gasteiger partial charge < -0.3 is 0 Å². The molecule has 1 heterocycles. The Morgan fingerprint density at radius 1 is 1.47 bits per heavy atom. The van der Waals surface area contributed by atoms with E-state index in [-0.39, 0.29) is 0 Å². The van der Waals surface area contributed by atoms with Crippen molar-refractivity contribution in [1.82, 2.24) is 4.98 Å². The molecular formula is C12H15NOS. The van der Waals surface area contributed by atoms with Crippen LogP contribution in [0, 0.1) is 5.92 Å². The summed E-state index contributed by atoms with van der Waals surface area (Å²) in [6.07, 6.45) is 8.07. The molecule has 2 rings (SSSR count). The SMILES string of the molecule is O=Cc1cccnc1SCC1CCCC1. The number of hydrogen-bond acceptors (Lipinski definition) is 3. The molecule has 0 spiro atoms. The van der Waals surface area contributed by atoms with Crippen LogP contribution in [0.2, 0.25) is 0 Å². The minimum Gasteiger partial charge on any atom is -0.298 e. The zero-order valence-corrected chi connectivity index (χ0v) is 9.50. The van der Waals surface area contributed by atoms with Crippen molar-refractivity contribution in [3.8, 4) is 0 Å². The number of aromatic nitrogens is 1. The average molecular weight is 221 g/mol. The third kappa shape index (κ3) is 2.81. The summed E-state index contributed by atoms with van der Waals surface area (Å²) in [6, 6.07) is 3.64. The van der Waals surface area contributed by atoms with E-state index in [1.807, 2.05) is 12.1 Å². The number of rotatable bonds is 4. The van der Waals surface area contributed by atoms with Crippen molar-refractivity contribution in [2.24, 2.45) is 5.92 Å². The highest BCUT2D eigenvalue weighted by Gasteiger charge is 2.15. The first-order chi connectivity index (χ1) is 7.40. The van der Waals surface area contributed by atoms with Crippen LogP contribution in [0.3, 0.4) is 0 Å². The Morgan fingerprint density at radius 3 is 3.00 bits per heavy atom. The van der Waals surface area contributed by atoms with Crippen LogP contribution < -0.4 is 0 Å². The number of nitrogens with zero attached hydrogens (tertiary/aromatic N) is 1. The summed E-state index contributed by atoms with van der Waals surface area (Å²) >= 11 is 1.73. The monoisotopic (exact) mass is 221 g/mol. The molecule has 2 nitrogen and oxygen atoms in total. The Labute approximate surface area is 94.5 Å². The van der Waals surface area contributed by atoms with Crippen molar-refractivity contribution < 1.29 is 4.79 Å². The van der Waals surface area contributed by atoms with Crippen LogP contribution in [-0.2, 0) is 0 Å². The summed E-state index contributed by atoms with van der Waals surface area (Å²) < 4.78 is 0. The lowest BCUT2D eigenvalue weighted by Gasteiger charge is -2.08. The Hall–Kier alpha value is -0.830. The van der Waals surface area contributed by atoms with E-state index in [4.69, 9.17) is 0 Å². The summed E-state index contributed by atoms with van der Waals surface area (Å²) in [4.78, 5) is 15.0. The van der Waals surface area contributed by atoms with E-state index in [0.717, 1.165) is 28.5 Å². The lowest BCUT2D eigenvalue weighted by atomic mass is 10.1. The van der Waals surface area contributed by atoms with Gasteiger partial charge in [-0.2, -0.15) is 0 Å². The Morgan fingerprint density at radius 2 is 2.27 bits per heavy atom. The van der Waals surface area contributed by atoms with E-state index < -0.39 is 0 Å². The number of thioether (sulfide) groups is 1. The average Bonchev–Trinajstić information content (AvgIpc) is 2.79. The molecule has 0 saturated heterocycles. The third-order valence-electron chi connectivity index (χ3n) is 2.86. The topological polar surface area (TPSA) is 30.0 Å². The van der Waals surface area contributed by atoms with Gasteiger partial charge in [-0.1, -0.05) is 12.8 Å². The first-order valence-corrected chi connectivity index (χ1v) is 6.41. The third-order valence-corrected chi connectivity index (χ3v) is 4.11. The van der Waals surface area contributed by atoms with Crippen molar-refractivity contribution in [3.05, 3.63) is 23.9 Å². The van der Waals surface area contributed by atoms with Gasteiger partial charge in [0.05, 0.1) is 0 Å². The van der Waals surface area contributed by atoms with Gasteiger partial charge in [0.1, 0.15) is 5.03 Å². The summed E-state index contributed by atoms with van der Waals surface area (Å²) in [5, 5.41) is 0.888. The van der Waals surface area contributed by atoms with E-state index in [2.05, 4.69) is 4.98 Å². The van der Waals surface area contributed by atoms with Crippen LogP contribution >= 0.6 is 11.8 Å². The van der Waals surface area contributed by atoms with Crippen LogP contribution in [-0.4, -0.2) is 17.0 Å². The van der Waals surface area contributed by atoms with Crippen molar-refractivity contribution >= 4 is 18.0 Å². The van der Waals surface area contributed by atoms with Crippen LogP contribution in [0.25, 0.3) is 0 Å². The normalized spacial score (nSPS) is 16.8. The lowest BCUT2D eigenvalue weighted by Crippen LogP contribution is -1.98. The van der Waals surface area contributed by atoms with Gasteiger partial charge in [0, 0.05) is 17.5 Å². The highest BCUT2D eigenvalue weighted by atomic mass is 32.2. The predicted octanol–water partition coefficient (Wildman–Crippen LogP) is 3.18. The van der Waals surface area contributed by atoms with E-state index in [1.165, 1.54) is 25.7 Å². The van der Waals surface area contributed by atoms with E-state index in [1.54, 1.807) is 18.0 Å². The van der Waals surface area contributed by atoms with E-state index >= 15 is 0 Å². The quantitative estimate of drug-likeness (QED) is 0.578. The minimum absolute atomic E-state index is 0.723. The number of carbonyl (C=O) groups is 1. The molecule has 0 aliphatic heterocycles. The van der Waals surface area contributed by atoms with Gasteiger partial charge in [-0.25, -0.2) is 4.98 Å². The van der Waals surface area contributed by atoms with Gasteiger partial charge in [0.25, 0.3) is 0 Å². The second-order valence-electron chi connectivity index (χ2n) is 3.98. The minimum atomic E-state index is 0.723. The van der Waals surface area contributed by atoms with Gasteiger partial charge in [-0.3, -0.25) is 4.79 Å². The van der Waals surface area contributed by atoms with Gasteiger partial charge in [0.2, 0.25) is 0 Å². The molecule has 0 N–H and O–H groups in total. The van der Waals surface area contributed by atoms with Crippen LogP contribution in [0.5, 0.6) is 0 Å². The standard InChI is InChI=1S/C12H15NOS/c14-8-11-6-3-7-13-12(11)15-9-10-4-1-2-5-10/h3,6-8,10H,1-2,4-5,9H2. The number of aldehydes is 1. The number of hydrogen-bond donors (Lipinski definition) is 0. The summed E-state index contributed by atoms with van der Waals surface area (Å²) in [6.45, 7) is 0. The molecule has 0 amide bonds. The Balaban J connectivity index is 1.94. The fourth-order valence-electron chi connectivity index (χ4n) is 1.99. The first-order valence-electron chi connectivity index (χ1n) is 5.43. The molecule has 15 heavy (non-hydrogen) atoms. The zero-order valence-electron chi connectivity index (χ0n) is 8.69. The van der Waals surface area contributed by atoms with Crippen molar-refractivity contribution in [1.29, 1.82) is 0 Å². The molecule has 0 radical (unpaired) electrons. The molecule has 1 aromatic heterocycles. The van der Waals surface area contributed by atoms with Crippen molar-refractivity contribution in [2.45, 2.75) is 30.7 Å². The number of pyridine rings is 1. The molecule has 1 aromatic rings. The molecule has 3 heteroatoms. The smallest absolute Gasteiger partial charge is 0.152 e. The molecule has 1 fully saturated rings. The zero-order chi connectivity index (χ0) is 10.5. The van der Waals surface area contributed by atoms with Crippen molar-refractivity contribution in [2.75, 3.05) is 5.75 Å². The van der Waals surface area contributed by atoms with Crippen LogP contribution in [0.1, 0.15) is 36.0 Å². The lowest BCUT2D eigenvalue weighted by molar-refractivity contribution is 0.112. The maximum Gasteiger partial charge on any atom is 0.152 e. The van der Waals surface area contributed by atoms with Crippen LogP contribution in [0.15, 0.2) is 23.4 Å². The van der Waals surface area contributed by atoms with Crippen molar-refractivity contribution in [3.63, 3.8) is 0 Å². The molecular weight excluding hydrogens is 206 g/mol. The fourth-order valence-corrected chi connectivity index (χ4v) is 3.13. The molecule has 80 valence electrons. The summed E-state index contributed by atoms with van der Waals surface area (Å²) in [5.74, 6) is 1.94. The molecule has 0 atom stereocenters. The first kappa shape index (κ1) is 10.7. The summed E-state index contributed by atoms with van der Waals surface area (Å²) in [7, 11) is 0. The number of carbonyl (C=O) groups excluding carboxylic acids is 1. The van der Waals surface area contributed by atoms with Gasteiger partial charge >= 0.3 is 0 Å². The molecule has 1 aliphatic carbocycles. The molecule has 1 aliphatic rings. The Bertz CT molecular complexity index is 334. The molecule has 1 saturated carbocycles. The van der Waals surface area contributed by atoms with E-state index in [9.17, 15) is 4.79 Å². The predicted molar refractivity (Wildman–Crippen MR) is 62.3 cm³/mol. The van der Waals surface area contributed by atoms with Gasteiger partial charge in [-0.05, 0) is 30.9 Å². The van der Waals surface area contributed by atoms with E-state index in [0.29, 0.717) is 0 Å². The Kier molecular flexibility index (Phi) is 3.78.